The predicted molar refractivity (Wildman–Crippen MR) is 117 cm³/mol. The molecule has 0 aliphatic rings. The number of nitrogens with zero attached hydrogens (tertiary/aromatic N) is 3. The number of pyridine rings is 1. The highest BCUT2D eigenvalue weighted by atomic mass is 35.5. The summed E-state index contributed by atoms with van der Waals surface area (Å²) in [4.78, 5) is 30.7. The van der Waals surface area contributed by atoms with E-state index in [0.29, 0.717) is 33.9 Å². The Labute approximate surface area is 181 Å². The number of nitrogens with one attached hydrogen (secondary N) is 2. The molecule has 0 atom stereocenters. The van der Waals surface area contributed by atoms with Crippen molar-refractivity contribution in [2.75, 3.05) is 0 Å². The average molecular weight is 440 g/mol. The van der Waals surface area contributed by atoms with Gasteiger partial charge in [-0.25, -0.2) is 9.67 Å². The fourth-order valence-corrected chi connectivity index (χ4v) is 3.86. The van der Waals surface area contributed by atoms with Gasteiger partial charge in [-0.05, 0) is 42.1 Å². The maximum absolute atomic E-state index is 12.9. The lowest BCUT2D eigenvalue weighted by atomic mass is 10.1. The van der Waals surface area contributed by atoms with Gasteiger partial charge in [0, 0.05) is 11.6 Å². The normalized spacial score (nSPS) is 10.9. The summed E-state index contributed by atoms with van der Waals surface area (Å²) in [5, 5.41) is 7.50. The summed E-state index contributed by atoms with van der Waals surface area (Å²) in [6, 6.07) is 12.6. The van der Waals surface area contributed by atoms with Crippen LogP contribution in [0.25, 0.3) is 21.6 Å². The first-order valence-corrected chi connectivity index (χ1v) is 10.5. The Hall–Kier alpha value is -3.23. The van der Waals surface area contributed by atoms with Crippen LogP contribution in [0.5, 0.6) is 0 Å². The minimum atomic E-state index is -0.430. The zero-order valence-corrected chi connectivity index (χ0v) is 17.6. The van der Waals surface area contributed by atoms with E-state index in [2.05, 4.69) is 20.9 Å². The van der Waals surface area contributed by atoms with Crippen molar-refractivity contribution < 1.29 is 9.59 Å². The minimum Gasteiger partial charge on any atom is -0.273 e. The molecule has 0 spiro atoms. The number of hydrogen-bond acceptors (Lipinski definition) is 5. The summed E-state index contributed by atoms with van der Waals surface area (Å²) in [6.07, 6.45) is 1.74. The van der Waals surface area contributed by atoms with Crippen molar-refractivity contribution in [3.8, 4) is 10.6 Å². The standard InChI is InChI=1S/C21H18ClN5O2S/c1-2-27-20-16(12-23-27)15(11-17(24-20)18-4-3-9-30-18)21(29)26-25-19(28)10-13-5-7-14(22)8-6-13/h3-9,11-12H,2,10H2,1H3,(H,25,28)(H,26,29). The van der Waals surface area contributed by atoms with Crippen LogP contribution in [0.15, 0.2) is 54.0 Å². The molecular formula is C21H18ClN5O2S. The lowest BCUT2D eigenvalue weighted by Crippen LogP contribution is -2.42. The third-order valence-electron chi connectivity index (χ3n) is 4.52. The van der Waals surface area contributed by atoms with Crippen LogP contribution < -0.4 is 10.9 Å². The van der Waals surface area contributed by atoms with Gasteiger partial charge in [-0.1, -0.05) is 29.8 Å². The van der Waals surface area contributed by atoms with Gasteiger partial charge in [-0.2, -0.15) is 5.10 Å². The summed E-state index contributed by atoms with van der Waals surface area (Å²) < 4.78 is 1.74. The van der Waals surface area contributed by atoms with Gasteiger partial charge in [0.15, 0.2) is 5.65 Å². The van der Waals surface area contributed by atoms with Crippen molar-refractivity contribution in [3.05, 3.63) is 70.2 Å². The first kappa shape index (κ1) is 20.1. The lowest BCUT2D eigenvalue weighted by Gasteiger charge is -2.10. The maximum atomic E-state index is 12.9. The van der Waals surface area contributed by atoms with Crippen molar-refractivity contribution in [3.63, 3.8) is 0 Å². The van der Waals surface area contributed by atoms with Crippen LogP contribution in [0.3, 0.4) is 0 Å². The summed E-state index contributed by atoms with van der Waals surface area (Å²) in [7, 11) is 0. The van der Waals surface area contributed by atoms with Gasteiger partial charge in [-0.3, -0.25) is 20.4 Å². The van der Waals surface area contributed by atoms with Crippen LogP contribution >= 0.6 is 22.9 Å². The summed E-state index contributed by atoms with van der Waals surface area (Å²) in [5.41, 5.74) is 7.47. The maximum Gasteiger partial charge on any atom is 0.270 e. The van der Waals surface area contributed by atoms with E-state index in [4.69, 9.17) is 11.6 Å². The van der Waals surface area contributed by atoms with Crippen LogP contribution in [0, 0.1) is 0 Å². The molecule has 4 rings (SSSR count). The number of hydrazine groups is 1. The number of aryl methyl sites for hydroxylation is 1. The highest BCUT2D eigenvalue weighted by molar-refractivity contribution is 7.13. The first-order valence-electron chi connectivity index (χ1n) is 9.29. The van der Waals surface area contributed by atoms with E-state index in [1.165, 1.54) is 11.3 Å². The fraction of sp³-hybridized carbons (Fsp3) is 0.143. The van der Waals surface area contributed by atoms with E-state index in [-0.39, 0.29) is 12.3 Å². The van der Waals surface area contributed by atoms with Gasteiger partial charge in [0.1, 0.15) is 0 Å². The Kier molecular flexibility index (Phi) is 5.78. The third kappa shape index (κ3) is 4.19. The molecule has 2 N–H and O–H groups in total. The Balaban J connectivity index is 1.55. The summed E-state index contributed by atoms with van der Waals surface area (Å²) in [6.45, 7) is 2.59. The molecule has 0 radical (unpaired) electrons. The third-order valence-corrected chi connectivity index (χ3v) is 5.66. The number of thiophene rings is 1. The molecule has 3 heterocycles. The Morgan fingerprint density at radius 2 is 1.97 bits per heavy atom. The van der Waals surface area contributed by atoms with E-state index in [9.17, 15) is 9.59 Å². The molecule has 0 saturated carbocycles. The van der Waals surface area contributed by atoms with Crippen molar-refractivity contribution in [1.82, 2.24) is 25.6 Å². The SMILES string of the molecule is CCn1ncc2c(C(=O)NNC(=O)Cc3ccc(Cl)cc3)cc(-c3cccs3)nc21. The number of benzene rings is 1. The Morgan fingerprint density at radius 3 is 2.67 bits per heavy atom. The van der Waals surface area contributed by atoms with E-state index in [1.807, 2.05) is 24.4 Å². The van der Waals surface area contributed by atoms with Gasteiger partial charge in [0.25, 0.3) is 5.91 Å². The number of aromatic nitrogens is 3. The second kappa shape index (κ2) is 8.64. The predicted octanol–water partition coefficient (Wildman–Crippen LogP) is 3.84. The van der Waals surface area contributed by atoms with Crippen LogP contribution in [0.1, 0.15) is 22.8 Å². The zero-order valence-electron chi connectivity index (χ0n) is 16.1. The largest absolute Gasteiger partial charge is 0.273 e. The molecule has 9 heteroatoms. The average Bonchev–Trinajstić information content (AvgIpc) is 3.42. The molecule has 30 heavy (non-hydrogen) atoms. The van der Waals surface area contributed by atoms with Gasteiger partial charge in [-0.15, -0.1) is 11.3 Å². The highest BCUT2D eigenvalue weighted by Crippen LogP contribution is 2.27. The quantitative estimate of drug-likeness (QED) is 0.462. The number of hydrogen-bond donors (Lipinski definition) is 2. The van der Waals surface area contributed by atoms with Gasteiger partial charge in [0.2, 0.25) is 5.91 Å². The number of amides is 2. The second-order valence-corrected chi connectivity index (χ2v) is 7.92. The van der Waals surface area contributed by atoms with E-state index in [1.54, 1.807) is 41.2 Å². The number of fused-ring (bicyclic) bond motifs is 1. The molecule has 0 aliphatic carbocycles. The molecule has 0 saturated heterocycles. The molecule has 3 aromatic heterocycles. The van der Waals surface area contributed by atoms with Gasteiger partial charge >= 0.3 is 0 Å². The first-order chi connectivity index (χ1) is 14.5. The summed E-state index contributed by atoms with van der Waals surface area (Å²) >= 11 is 7.40. The van der Waals surface area contributed by atoms with Crippen molar-refractivity contribution in [1.29, 1.82) is 0 Å². The van der Waals surface area contributed by atoms with E-state index in [0.717, 1.165) is 10.4 Å². The number of rotatable bonds is 5. The highest BCUT2D eigenvalue weighted by Gasteiger charge is 2.18. The molecule has 0 fully saturated rings. The Bertz CT molecular complexity index is 1200. The van der Waals surface area contributed by atoms with Gasteiger partial charge < -0.3 is 0 Å². The second-order valence-electron chi connectivity index (χ2n) is 6.54. The van der Waals surface area contributed by atoms with Crippen LogP contribution in [0.2, 0.25) is 5.02 Å². The zero-order chi connectivity index (χ0) is 21.1. The fourth-order valence-electron chi connectivity index (χ4n) is 3.04. The molecule has 0 aliphatic heterocycles. The molecule has 1 aromatic carbocycles. The van der Waals surface area contributed by atoms with Crippen molar-refractivity contribution in [2.45, 2.75) is 19.9 Å². The monoisotopic (exact) mass is 439 g/mol. The summed E-state index contributed by atoms with van der Waals surface area (Å²) in [5.74, 6) is -0.765. The smallest absolute Gasteiger partial charge is 0.270 e. The molecular weight excluding hydrogens is 422 g/mol. The number of carbonyl (C=O) groups is 2. The van der Waals surface area contributed by atoms with Crippen LogP contribution in [-0.4, -0.2) is 26.6 Å². The molecule has 2 amide bonds. The number of carbonyl (C=O) groups excluding carboxylic acids is 2. The van der Waals surface area contributed by atoms with E-state index >= 15 is 0 Å². The molecule has 0 bridgehead atoms. The lowest BCUT2D eigenvalue weighted by molar-refractivity contribution is -0.121. The molecule has 4 aromatic rings. The molecule has 7 nitrogen and oxygen atoms in total. The minimum absolute atomic E-state index is 0.122. The topological polar surface area (TPSA) is 88.9 Å². The van der Waals surface area contributed by atoms with Gasteiger partial charge in [0.05, 0.1) is 34.1 Å². The van der Waals surface area contributed by atoms with Crippen molar-refractivity contribution in [2.24, 2.45) is 0 Å². The Morgan fingerprint density at radius 1 is 1.17 bits per heavy atom. The van der Waals surface area contributed by atoms with Crippen molar-refractivity contribution >= 4 is 45.8 Å². The van der Waals surface area contributed by atoms with E-state index < -0.39 is 5.91 Å². The van der Waals surface area contributed by atoms with Crippen LogP contribution in [0.4, 0.5) is 0 Å². The molecule has 0 unspecified atom stereocenters. The van der Waals surface area contributed by atoms with Crippen LogP contribution in [-0.2, 0) is 17.8 Å². The number of halogens is 1. The molecule has 152 valence electrons.